The van der Waals surface area contributed by atoms with Gasteiger partial charge < -0.3 is 14.6 Å². The third kappa shape index (κ3) is 4.49. The van der Waals surface area contributed by atoms with Crippen LogP contribution >= 0.6 is 0 Å². The zero-order valence-electron chi connectivity index (χ0n) is 19.0. The van der Waals surface area contributed by atoms with Gasteiger partial charge in [0.15, 0.2) is 0 Å². The van der Waals surface area contributed by atoms with E-state index in [1.807, 2.05) is 91.0 Å². The Morgan fingerprint density at radius 3 is 1.86 bits per heavy atom. The van der Waals surface area contributed by atoms with Crippen molar-refractivity contribution in [2.45, 2.75) is 30.5 Å². The van der Waals surface area contributed by atoms with Gasteiger partial charge in [0.05, 0.1) is 12.7 Å². The molecule has 0 spiro atoms. The summed E-state index contributed by atoms with van der Waals surface area (Å²) in [7, 11) is 0. The molecule has 7 nitrogen and oxygen atoms in total. The zero-order chi connectivity index (χ0) is 24.3. The summed E-state index contributed by atoms with van der Waals surface area (Å²) in [5.41, 5.74) is 0.821. The van der Waals surface area contributed by atoms with Crippen LogP contribution in [0.15, 0.2) is 113 Å². The minimum atomic E-state index is -0.945. The molecule has 1 aromatic heterocycles. The number of ether oxygens (including phenoxy) is 2. The Morgan fingerprint density at radius 2 is 1.37 bits per heavy atom. The summed E-state index contributed by atoms with van der Waals surface area (Å²) in [6.07, 6.45) is -0.644. The van der Waals surface area contributed by atoms with Gasteiger partial charge in [-0.1, -0.05) is 91.0 Å². The zero-order valence-corrected chi connectivity index (χ0v) is 19.0. The highest BCUT2D eigenvalue weighted by molar-refractivity contribution is 5.47. The van der Waals surface area contributed by atoms with Crippen LogP contribution in [-0.2, 0) is 15.1 Å². The van der Waals surface area contributed by atoms with E-state index >= 15 is 0 Å². The third-order valence-electron chi connectivity index (χ3n) is 6.37. The van der Waals surface area contributed by atoms with Crippen LogP contribution in [0.4, 0.5) is 0 Å². The van der Waals surface area contributed by atoms with Crippen molar-refractivity contribution in [2.75, 3.05) is 6.61 Å². The second-order valence-corrected chi connectivity index (χ2v) is 8.54. The molecule has 2 N–H and O–H groups in total. The molecule has 1 aliphatic rings. The van der Waals surface area contributed by atoms with Gasteiger partial charge in [-0.05, 0) is 16.7 Å². The summed E-state index contributed by atoms with van der Waals surface area (Å²) < 4.78 is 14.1. The highest BCUT2D eigenvalue weighted by Gasteiger charge is 2.41. The van der Waals surface area contributed by atoms with Crippen LogP contribution in [0.1, 0.15) is 29.3 Å². The van der Waals surface area contributed by atoms with Crippen molar-refractivity contribution >= 4 is 0 Å². The standard InChI is InChI=1S/C28H26N2O5/c31-23-18-26(30-17-16-25(32)29-27(30)33)35-24(23)19-34-28(20-10-4-1-5-11-20,21-12-6-2-7-13-21)22-14-8-3-9-15-22/h1-17,23-24,26,31H,18-19H2,(H,29,32,33)/t23-,24+,26+/m1/s1. The Hall–Kier alpha value is -3.78. The molecule has 0 saturated carbocycles. The van der Waals surface area contributed by atoms with Gasteiger partial charge in [-0.15, -0.1) is 0 Å². The normalized spacial score (nSPS) is 20.1. The number of H-pyrrole nitrogens is 1. The fourth-order valence-corrected chi connectivity index (χ4v) is 4.67. The molecular formula is C28H26N2O5. The van der Waals surface area contributed by atoms with Crippen molar-refractivity contribution in [2.24, 2.45) is 0 Å². The molecule has 35 heavy (non-hydrogen) atoms. The SMILES string of the molecule is O=c1ccn([C@@H]2C[C@@H](O)[C@H](COC(c3ccccc3)(c3ccccc3)c3ccccc3)O2)c(=O)[nH]1. The predicted molar refractivity (Wildman–Crippen MR) is 131 cm³/mol. The van der Waals surface area contributed by atoms with E-state index in [-0.39, 0.29) is 13.0 Å². The maximum atomic E-state index is 12.2. The number of nitrogens with zero attached hydrogens (tertiary/aromatic N) is 1. The molecule has 1 fully saturated rings. The second-order valence-electron chi connectivity index (χ2n) is 8.54. The van der Waals surface area contributed by atoms with E-state index in [0.29, 0.717) is 0 Å². The van der Waals surface area contributed by atoms with Gasteiger partial charge in [-0.3, -0.25) is 14.3 Å². The predicted octanol–water partition coefficient (Wildman–Crippen LogP) is 3.19. The summed E-state index contributed by atoms with van der Waals surface area (Å²) in [5.74, 6) is 0. The molecule has 2 heterocycles. The molecule has 0 radical (unpaired) electrons. The lowest BCUT2D eigenvalue weighted by atomic mass is 9.80. The quantitative estimate of drug-likeness (QED) is 0.405. The van der Waals surface area contributed by atoms with Crippen molar-refractivity contribution < 1.29 is 14.6 Å². The van der Waals surface area contributed by atoms with E-state index in [0.717, 1.165) is 16.7 Å². The third-order valence-corrected chi connectivity index (χ3v) is 6.37. The summed E-state index contributed by atoms with van der Waals surface area (Å²) >= 11 is 0. The van der Waals surface area contributed by atoms with Gasteiger partial charge in [-0.25, -0.2) is 4.79 Å². The summed E-state index contributed by atoms with van der Waals surface area (Å²) in [6, 6.07) is 31.1. The van der Waals surface area contributed by atoms with Gasteiger partial charge in [0.25, 0.3) is 5.56 Å². The van der Waals surface area contributed by atoms with Crippen LogP contribution in [0.3, 0.4) is 0 Å². The molecule has 1 saturated heterocycles. The molecule has 0 amide bonds. The first kappa shape index (κ1) is 23.0. The van der Waals surface area contributed by atoms with Crippen LogP contribution in [0, 0.1) is 0 Å². The largest absolute Gasteiger partial charge is 0.390 e. The van der Waals surface area contributed by atoms with E-state index in [1.165, 1.54) is 16.8 Å². The van der Waals surface area contributed by atoms with Crippen LogP contribution in [0.25, 0.3) is 0 Å². The lowest BCUT2D eigenvalue weighted by Crippen LogP contribution is -2.38. The summed E-state index contributed by atoms with van der Waals surface area (Å²) in [4.78, 5) is 25.9. The average molecular weight is 471 g/mol. The van der Waals surface area contributed by atoms with Crippen molar-refractivity contribution in [3.63, 3.8) is 0 Å². The molecule has 7 heteroatoms. The number of aromatic amines is 1. The fourth-order valence-electron chi connectivity index (χ4n) is 4.67. The average Bonchev–Trinajstić information content (AvgIpc) is 3.26. The van der Waals surface area contributed by atoms with E-state index in [1.54, 1.807) is 0 Å². The molecule has 0 bridgehead atoms. The Balaban J connectivity index is 1.50. The number of hydrogen-bond acceptors (Lipinski definition) is 5. The van der Waals surface area contributed by atoms with Crippen molar-refractivity contribution in [3.8, 4) is 0 Å². The van der Waals surface area contributed by atoms with Gasteiger partial charge in [-0.2, -0.15) is 0 Å². The molecule has 0 unspecified atom stereocenters. The first-order valence-electron chi connectivity index (χ1n) is 11.5. The Bertz CT molecular complexity index is 1270. The molecule has 3 atom stereocenters. The summed E-state index contributed by atoms with van der Waals surface area (Å²) in [6.45, 7) is 0.0778. The molecular weight excluding hydrogens is 444 g/mol. The number of rotatable bonds is 7. The number of aliphatic hydroxyl groups excluding tert-OH is 1. The topological polar surface area (TPSA) is 93.6 Å². The maximum Gasteiger partial charge on any atom is 0.330 e. The Morgan fingerprint density at radius 1 is 0.857 bits per heavy atom. The molecule has 178 valence electrons. The van der Waals surface area contributed by atoms with Gasteiger partial charge in [0, 0.05) is 18.7 Å². The second kappa shape index (κ2) is 9.84. The highest BCUT2D eigenvalue weighted by Crippen LogP contribution is 2.41. The molecule has 4 aromatic rings. The van der Waals surface area contributed by atoms with Crippen molar-refractivity contribution in [3.05, 3.63) is 141 Å². The maximum absolute atomic E-state index is 12.2. The van der Waals surface area contributed by atoms with E-state index < -0.39 is 35.3 Å². The van der Waals surface area contributed by atoms with Crippen molar-refractivity contribution in [1.29, 1.82) is 0 Å². The minimum Gasteiger partial charge on any atom is -0.390 e. The van der Waals surface area contributed by atoms with Gasteiger partial charge >= 0.3 is 5.69 Å². The van der Waals surface area contributed by atoms with Crippen LogP contribution < -0.4 is 11.2 Å². The molecule has 0 aliphatic carbocycles. The molecule has 1 aliphatic heterocycles. The van der Waals surface area contributed by atoms with E-state index in [9.17, 15) is 14.7 Å². The number of benzene rings is 3. The molecule has 5 rings (SSSR count). The van der Waals surface area contributed by atoms with Crippen LogP contribution in [0.2, 0.25) is 0 Å². The van der Waals surface area contributed by atoms with Gasteiger partial charge in [0.1, 0.15) is 17.9 Å². The summed E-state index contributed by atoms with van der Waals surface area (Å²) in [5, 5.41) is 10.8. The number of nitrogens with one attached hydrogen (secondary N) is 1. The highest BCUT2D eigenvalue weighted by atomic mass is 16.6. The van der Waals surface area contributed by atoms with Gasteiger partial charge in [0.2, 0.25) is 0 Å². The number of aliphatic hydroxyl groups is 1. The first-order valence-corrected chi connectivity index (χ1v) is 11.5. The molecule has 3 aromatic carbocycles. The Labute approximate surface area is 202 Å². The smallest absolute Gasteiger partial charge is 0.330 e. The number of hydrogen-bond donors (Lipinski definition) is 2. The Kier molecular flexibility index (Phi) is 6.46. The minimum absolute atomic E-state index is 0.0778. The van der Waals surface area contributed by atoms with Crippen molar-refractivity contribution in [1.82, 2.24) is 9.55 Å². The number of aromatic nitrogens is 2. The van der Waals surface area contributed by atoms with E-state index in [2.05, 4.69) is 4.98 Å². The monoisotopic (exact) mass is 470 g/mol. The lowest BCUT2D eigenvalue weighted by molar-refractivity contribution is -0.0944. The van der Waals surface area contributed by atoms with Crippen LogP contribution in [-0.4, -0.2) is 33.5 Å². The first-order chi connectivity index (χ1) is 17.1. The van der Waals surface area contributed by atoms with Crippen LogP contribution in [0.5, 0.6) is 0 Å². The lowest BCUT2D eigenvalue weighted by Gasteiger charge is -2.37. The fraction of sp³-hybridized carbons (Fsp3) is 0.214. The van der Waals surface area contributed by atoms with E-state index in [4.69, 9.17) is 9.47 Å².